The molecule has 1 aromatic heterocycles. The fourth-order valence-electron chi connectivity index (χ4n) is 0.940. The quantitative estimate of drug-likeness (QED) is 0.811. The van der Waals surface area contributed by atoms with Gasteiger partial charge in [0.05, 0.1) is 17.3 Å². The zero-order valence-electron chi connectivity index (χ0n) is 7.55. The van der Waals surface area contributed by atoms with Gasteiger partial charge in [-0.1, -0.05) is 11.6 Å². The van der Waals surface area contributed by atoms with Crippen LogP contribution in [-0.4, -0.2) is 25.2 Å². The summed E-state index contributed by atoms with van der Waals surface area (Å²) >= 11 is 5.40. The Morgan fingerprint density at radius 1 is 1.44 bits per heavy atom. The van der Waals surface area contributed by atoms with Gasteiger partial charge in [0.25, 0.3) is 11.0 Å². The Hall–Kier alpha value is -0.800. The van der Waals surface area contributed by atoms with Crippen LogP contribution in [-0.2, 0) is 27.8 Å². The maximum atomic E-state index is 12.2. The number of hydrogen-bond donors (Lipinski definition) is 2. The molecule has 92 valence electrons. The standard InChI is InChI=1S/C6H6ClF3N2O3S/c7-4-3(1-2-15-16(13)14)11-12-5(4)6(8,9)10/h16H,1-2H2,(H,11,12). The number of aromatic nitrogens is 2. The number of nitrogens with one attached hydrogen (secondary N) is 1. The Morgan fingerprint density at radius 2 is 2.06 bits per heavy atom. The van der Waals surface area contributed by atoms with Crippen LogP contribution in [0.25, 0.3) is 0 Å². The third kappa shape index (κ3) is 3.35. The lowest BCUT2D eigenvalue weighted by atomic mass is 10.3. The first-order valence-electron chi connectivity index (χ1n) is 3.89. The minimum atomic E-state index is -4.64. The van der Waals surface area contributed by atoms with E-state index in [1.807, 2.05) is 0 Å². The van der Waals surface area contributed by atoms with E-state index in [1.165, 1.54) is 0 Å². The highest BCUT2D eigenvalue weighted by Crippen LogP contribution is 2.34. The molecular weight excluding hydrogens is 273 g/mol. The van der Waals surface area contributed by atoms with Crippen LogP contribution in [0.4, 0.5) is 13.2 Å². The molecule has 0 amide bonds. The SMILES string of the molecule is O=[SH](=O)OCCc1[nH]nc(C(F)(F)F)c1Cl. The van der Waals surface area contributed by atoms with Gasteiger partial charge in [-0.05, 0) is 0 Å². The summed E-state index contributed by atoms with van der Waals surface area (Å²) in [7, 11) is -3.02. The van der Waals surface area contributed by atoms with E-state index in [9.17, 15) is 21.6 Å². The summed E-state index contributed by atoms with van der Waals surface area (Å²) in [4.78, 5) is 0. The molecule has 5 nitrogen and oxygen atoms in total. The first kappa shape index (κ1) is 13.3. The average Bonchev–Trinajstić information content (AvgIpc) is 2.46. The van der Waals surface area contributed by atoms with Gasteiger partial charge in [-0.2, -0.15) is 18.3 Å². The third-order valence-electron chi connectivity index (χ3n) is 1.59. The number of nitrogens with zero attached hydrogens (tertiary/aromatic N) is 1. The molecule has 10 heteroatoms. The van der Waals surface area contributed by atoms with E-state index in [0.717, 1.165) is 0 Å². The Morgan fingerprint density at radius 3 is 2.50 bits per heavy atom. The summed E-state index contributed by atoms with van der Waals surface area (Å²) in [5.74, 6) is 0. The van der Waals surface area contributed by atoms with Crippen molar-refractivity contribution in [2.24, 2.45) is 0 Å². The number of rotatable bonds is 4. The maximum absolute atomic E-state index is 12.2. The molecule has 1 N–H and O–H groups in total. The highest BCUT2D eigenvalue weighted by molar-refractivity contribution is 7.67. The van der Waals surface area contributed by atoms with Crippen molar-refractivity contribution >= 4 is 22.6 Å². The summed E-state index contributed by atoms with van der Waals surface area (Å²) in [6.45, 7) is -0.294. The van der Waals surface area contributed by atoms with Gasteiger partial charge in [0.1, 0.15) is 0 Å². The van der Waals surface area contributed by atoms with E-state index in [4.69, 9.17) is 11.6 Å². The molecule has 1 aromatic rings. The molecule has 0 fully saturated rings. The van der Waals surface area contributed by atoms with Gasteiger partial charge in [-0.15, -0.1) is 0 Å². The summed E-state index contributed by atoms with van der Waals surface area (Å²) in [5.41, 5.74) is -1.25. The lowest BCUT2D eigenvalue weighted by molar-refractivity contribution is -0.141. The van der Waals surface area contributed by atoms with Crippen molar-refractivity contribution in [2.45, 2.75) is 12.6 Å². The fraction of sp³-hybridized carbons (Fsp3) is 0.500. The number of H-pyrrole nitrogens is 1. The normalized spacial score (nSPS) is 12.3. The molecule has 0 aliphatic heterocycles. The van der Waals surface area contributed by atoms with E-state index in [2.05, 4.69) is 14.4 Å². The van der Waals surface area contributed by atoms with Gasteiger partial charge in [0.15, 0.2) is 5.69 Å². The topological polar surface area (TPSA) is 72.1 Å². The molecule has 0 radical (unpaired) electrons. The van der Waals surface area contributed by atoms with E-state index in [0.29, 0.717) is 0 Å². The summed E-state index contributed by atoms with van der Waals surface area (Å²) in [6, 6.07) is 0. The van der Waals surface area contributed by atoms with Crippen LogP contribution in [0.2, 0.25) is 5.02 Å². The molecule has 0 saturated heterocycles. The summed E-state index contributed by atoms with van der Waals surface area (Å²) < 4.78 is 60.8. The Balaban J connectivity index is 2.73. The minimum Gasteiger partial charge on any atom is -0.280 e. The highest BCUT2D eigenvalue weighted by atomic mass is 35.5. The molecule has 0 bridgehead atoms. The lowest BCUT2D eigenvalue weighted by Crippen LogP contribution is -2.06. The van der Waals surface area contributed by atoms with E-state index in [-0.39, 0.29) is 18.7 Å². The van der Waals surface area contributed by atoms with Gasteiger partial charge >= 0.3 is 6.18 Å². The van der Waals surface area contributed by atoms with Crippen molar-refractivity contribution in [2.75, 3.05) is 6.61 Å². The molecule has 0 atom stereocenters. The van der Waals surface area contributed by atoms with Crippen molar-refractivity contribution in [3.05, 3.63) is 16.4 Å². The van der Waals surface area contributed by atoms with Crippen LogP contribution in [0.1, 0.15) is 11.4 Å². The van der Waals surface area contributed by atoms with E-state index >= 15 is 0 Å². The lowest BCUT2D eigenvalue weighted by Gasteiger charge is -2.01. The molecule has 0 aromatic carbocycles. The molecular formula is C6H6ClF3N2O3S. The van der Waals surface area contributed by atoms with Crippen LogP contribution in [0, 0.1) is 0 Å². The van der Waals surface area contributed by atoms with Gasteiger partial charge in [0, 0.05) is 6.42 Å². The molecule has 0 aliphatic carbocycles. The Labute approximate surface area is 94.7 Å². The fourth-order valence-corrected chi connectivity index (χ4v) is 1.47. The van der Waals surface area contributed by atoms with Gasteiger partial charge in [-0.25, -0.2) is 8.42 Å². The third-order valence-corrected chi connectivity index (χ3v) is 2.39. The Bertz CT molecular complexity index is 435. The van der Waals surface area contributed by atoms with Crippen LogP contribution in [0.5, 0.6) is 0 Å². The van der Waals surface area contributed by atoms with Crippen molar-refractivity contribution in [3.63, 3.8) is 0 Å². The summed E-state index contributed by atoms with van der Waals surface area (Å²) in [5, 5.41) is 4.50. The van der Waals surface area contributed by atoms with Gasteiger partial charge in [0.2, 0.25) is 0 Å². The zero-order chi connectivity index (χ0) is 12.3. The highest BCUT2D eigenvalue weighted by Gasteiger charge is 2.37. The second-order valence-corrected chi connectivity index (χ2v) is 3.75. The van der Waals surface area contributed by atoms with Crippen LogP contribution in [0.15, 0.2) is 0 Å². The predicted octanol–water partition coefficient (Wildman–Crippen LogP) is 1.17. The van der Waals surface area contributed by atoms with Crippen molar-refractivity contribution in [1.29, 1.82) is 0 Å². The second-order valence-electron chi connectivity index (χ2n) is 2.67. The number of thiol groups is 1. The van der Waals surface area contributed by atoms with Crippen molar-refractivity contribution in [1.82, 2.24) is 10.2 Å². The van der Waals surface area contributed by atoms with Crippen molar-refractivity contribution in [3.8, 4) is 0 Å². The van der Waals surface area contributed by atoms with Crippen LogP contribution < -0.4 is 0 Å². The van der Waals surface area contributed by atoms with Gasteiger partial charge in [-0.3, -0.25) is 9.28 Å². The van der Waals surface area contributed by atoms with Gasteiger partial charge < -0.3 is 0 Å². The molecule has 16 heavy (non-hydrogen) atoms. The van der Waals surface area contributed by atoms with Crippen LogP contribution in [0.3, 0.4) is 0 Å². The largest absolute Gasteiger partial charge is 0.436 e. The smallest absolute Gasteiger partial charge is 0.280 e. The van der Waals surface area contributed by atoms with E-state index in [1.54, 1.807) is 0 Å². The summed E-state index contributed by atoms with van der Waals surface area (Å²) in [6.07, 6.45) is -4.75. The first-order valence-corrected chi connectivity index (χ1v) is 5.37. The predicted molar refractivity (Wildman–Crippen MR) is 48.6 cm³/mol. The maximum Gasteiger partial charge on any atom is 0.436 e. The van der Waals surface area contributed by atoms with Crippen LogP contribution >= 0.6 is 11.6 Å². The Kier molecular flexibility index (Phi) is 4.16. The average molecular weight is 279 g/mol. The molecule has 1 rings (SSSR count). The number of halogens is 4. The molecule has 0 aliphatic rings. The van der Waals surface area contributed by atoms with Crippen molar-refractivity contribution < 1.29 is 25.8 Å². The molecule has 0 unspecified atom stereocenters. The number of aromatic amines is 1. The molecule has 0 spiro atoms. The molecule has 1 heterocycles. The van der Waals surface area contributed by atoms with E-state index < -0.39 is 27.9 Å². The molecule has 0 saturated carbocycles. The number of alkyl halides is 3. The first-order chi connectivity index (χ1) is 7.32. The second kappa shape index (κ2) is 5.02. The number of hydrogen-bond acceptors (Lipinski definition) is 4. The zero-order valence-corrected chi connectivity index (χ0v) is 9.20. The monoisotopic (exact) mass is 278 g/mol. The minimum absolute atomic E-state index is 0.0224.